The number of rotatable bonds is 1. The van der Waals surface area contributed by atoms with Gasteiger partial charge < -0.3 is 15.4 Å². The second kappa shape index (κ2) is 3.87. The fourth-order valence-corrected chi connectivity index (χ4v) is 3.94. The predicted molar refractivity (Wildman–Crippen MR) is 69.9 cm³/mol. The smallest absolute Gasteiger partial charge is 0.330 e. The van der Waals surface area contributed by atoms with Crippen molar-refractivity contribution in [3.05, 3.63) is 0 Å². The molecule has 6 heteroatoms. The third kappa shape index (κ3) is 2.01. The monoisotopic (exact) mass is 272 g/mol. The molecule has 2 heterocycles. The van der Waals surface area contributed by atoms with E-state index in [1.54, 1.807) is 16.7 Å². The zero-order chi connectivity index (χ0) is 13.9. The maximum atomic E-state index is 12.2. The molecular formula is C12H20N2O3S. The van der Waals surface area contributed by atoms with E-state index >= 15 is 0 Å². The minimum atomic E-state index is -0.550. The van der Waals surface area contributed by atoms with E-state index < -0.39 is 17.7 Å². The van der Waals surface area contributed by atoms with E-state index in [9.17, 15) is 9.59 Å². The molecule has 3 atom stereocenters. The Hall–Kier alpha value is -0.750. The van der Waals surface area contributed by atoms with Gasteiger partial charge in [-0.05, 0) is 34.6 Å². The number of thioether (sulfide) groups is 1. The molecule has 2 rings (SSSR count). The summed E-state index contributed by atoms with van der Waals surface area (Å²) in [5, 5.41) is -0.0926. The molecule has 2 saturated heterocycles. The maximum Gasteiger partial charge on any atom is 0.330 e. The van der Waals surface area contributed by atoms with E-state index in [4.69, 9.17) is 10.5 Å². The van der Waals surface area contributed by atoms with Gasteiger partial charge in [0.1, 0.15) is 23.1 Å². The molecule has 1 amide bonds. The van der Waals surface area contributed by atoms with E-state index in [-0.39, 0.29) is 22.0 Å². The maximum absolute atomic E-state index is 12.2. The summed E-state index contributed by atoms with van der Waals surface area (Å²) in [7, 11) is 0. The van der Waals surface area contributed by atoms with Crippen molar-refractivity contribution in [2.75, 3.05) is 0 Å². The van der Waals surface area contributed by atoms with Gasteiger partial charge in [0.25, 0.3) is 0 Å². The molecule has 0 unspecified atom stereocenters. The van der Waals surface area contributed by atoms with Crippen LogP contribution in [0.3, 0.4) is 0 Å². The molecule has 0 aromatic carbocycles. The summed E-state index contributed by atoms with van der Waals surface area (Å²) in [4.78, 5) is 25.6. The van der Waals surface area contributed by atoms with Crippen LogP contribution in [0.4, 0.5) is 0 Å². The van der Waals surface area contributed by atoms with E-state index in [0.29, 0.717) is 0 Å². The third-order valence-electron chi connectivity index (χ3n) is 3.11. The van der Waals surface area contributed by atoms with Crippen LogP contribution in [0.1, 0.15) is 34.6 Å². The van der Waals surface area contributed by atoms with Crippen molar-refractivity contribution < 1.29 is 14.3 Å². The largest absolute Gasteiger partial charge is 0.458 e. The molecule has 0 saturated carbocycles. The first-order valence-corrected chi connectivity index (χ1v) is 6.91. The topological polar surface area (TPSA) is 72.6 Å². The van der Waals surface area contributed by atoms with Crippen LogP contribution >= 0.6 is 11.8 Å². The zero-order valence-electron chi connectivity index (χ0n) is 11.4. The highest BCUT2D eigenvalue weighted by molar-refractivity contribution is 8.01. The molecule has 0 radical (unpaired) electrons. The predicted octanol–water partition coefficient (Wildman–Crippen LogP) is 0.718. The second-order valence-corrected chi connectivity index (χ2v) is 8.09. The number of ether oxygens (including phenoxy) is 1. The summed E-state index contributed by atoms with van der Waals surface area (Å²) in [6.07, 6.45) is 0. The number of carbonyl (C=O) groups excluding carboxylic acids is 2. The van der Waals surface area contributed by atoms with Crippen molar-refractivity contribution in [3.8, 4) is 0 Å². The molecule has 0 aromatic rings. The van der Waals surface area contributed by atoms with Crippen LogP contribution in [0.15, 0.2) is 0 Å². The Kier molecular flexibility index (Phi) is 2.94. The summed E-state index contributed by atoms with van der Waals surface area (Å²) in [5.41, 5.74) is 5.20. The van der Waals surface area contributed by atoms with Crippen LogP contribution in [-0.2, 0) is 14.3 Å². The van der Waals surface area contributed by atoms with Gasteiger partial charge in [0, 0.05) is 4.75 Å². The second-order valence-electron chi connectivity index (χ2n) is 6.32. The lowest BCUT2D eigenvalue weighted by Gasteiger charge is -2.42. The molecular weight excluding hydrogens is 252 g/mol. The molecule has 0 spiro atoms. The molecule has 2 aliphatic rings. The Morgan fingerprint density at radius 3 is 2.50 bits per heavy atom. The molecule has 18 heavy (non-hydrogen) atoms. The van der Waals surface area contributed by atoms with Crippen LogP contribution in [-0.4, -0.2) is 44.6 Å². The first-order valence-electron chi connectivity index (χ1n) is 6.03. The standard InChI is InChI=1S/C12H20N2O3S/c1-11(2,3)17-10(16)7-12(4,5)18-9-6(13)8(15)14(7)9/h6-7,9H,13H2,1-5H3/t6-,7+,9-/m1/s1. The fraction of sp³-hybridized carbons (Fsp3) is 0.833. The van der Waals surface area contributed by atoms with Crippen molar-refractivity contribution in [2.24, 2.45) is 5.73 Å². The van der Waals surface area contributed by atoms with Gasteiger partial charge in [0.05, 0.1) is 0 Å². The van der Waals surface area contributed by atoms with Crippen molar-refractivity contribution in [3.63, 3.8) is 0 Å². The number of amides is 1. The molecule has 2 aliphatic heterocycles. The van der Waals surface area contributed by atoms with Crippen LogP contribution in [0, 0.1) is 0 Å². The molecule has 2 N–H and O–H groups in total. The van der Waals surface area contributed by atoms with Gasteiger partial charge in [-0.25, -0.2) is 4.79 Å². The molecule has 0 aliphatic carbocycles. The number of hydrogen-bond donors (Lipinski definition) is 1. The number of fused-ring (bicyclic) bond motifs is 1. The van der Waals surface area contributed by atoms with Gasteiger partial charge in [0.2, 0.25) is 5.91 Å². The lowest BCUT2D eigenvalue weighted by atomic mass is 9.96. The highest BCUT2D eigenvalue weighted by Gasteiger charge is 2.63. The number of hydrogen-bond acceptors (Lipinski definition) is 5. The van der Waals surface area contributed by atoms with Crippen molar-refractivity contribution in [1.29, 1.82) is 0 Å². The Morgan fingerprint density at radius 1 is 1.44 bits per heavy atom. The summed E-state index contributed by atoms with van der Waals surface area (Å²) >= 11 is 1.57. The summed E-state index contributed by atoms with van der Waals surface area (Å²) in [6, 6.07) is -1.03. The van der Waals surface area contributed by atoms with Gasteiger partial charge in [-0.2, -0.15) is 0 Å². The van der Waals surface area contributed by atoms with Crippen LogP contribution < -0.4 is 5.73 Å². The zero-order valence-corrected chi connectivity index (χ0v) is 12.2. The molecule has 0 bridgehead atoms. The minimum Gasteiger partial charge on any atom is -0.458 e. The van der Waals surface area contributed by atoms with Crippen molar-refractivity contribution in [1.82, 2.24) is 4.90 Å². The normalized spacial score (nSPS) is 34.0. The van der Waals surface area contributed by atoms with Crippen LogP contribution in [0.5, 0.6) is 0 Å². The number of nitrogens with zero attached hydrogens (tertiary/aromatic N) is 1. The van der Waals surface area contributed by atoms with Gasteiger partial charge >= 0.3 is 5.97 Å². The summed E-state index contributed by atoms with van der Waals surface area (Å²) in [6.45, 7) is 9.36. The fourth-order valence-electron chi connectivity index (χ4n) is 2.38. The Bertz CT molecular complexity index is 403. The van der Waals surface area contributed by atoms with Crippen LogP contribution in [0.25, 0.3) is 0 Å². The molecule has 2 fully saturated rings. The Morgan fingerprint density at radius 2 is 2.00 bits per heavy atom. The lowest BCUT2D eigenvalue weighted by molar-refractivity contribution is -0.170. The van der Waals surface area contributed by atoms with Crippen molar-refractivity contribution in [2.45, 2.75) is 62.4 Å². The van der Waals surface area contributed by atoms with E-state index in [1.165, 1.54) is 0 Å². The first kappa shape index (κ1) is 13.7. The lowest BCUT2D eigenvalue weighted by Crippen LogP contribution is -2.69. The average Bonchev–Trinajstić information content (AvgIpc) is 2.44. The molecule has 0 aromatic heterocycles. The third-order valence-corrected chi connectivity index (χ3v) is 4.70. The van der Waals surface area contributed by atoms with E-state index in [2.05, 4.69) is 0 Å². The number of carbonyl (C=O) groups is 2. The SMILES string of the molecule is CC(C)(C)OC(=O)[C@@H]1N2C(=O)[C@@H](N)[C@H]2SC1(C)C. The number of esters is 1. The molecule has 102 valence electrons. The van der Waals surface area contributed by atoms with E-state index in [1.807, 2.05) is 34.6 Å². The minimum absolute atomic E-state index is 0.0926. The van der Waals surface area contributed by atoms with Gasteiger partial charge in [-0.3, -0.25) is 4.79 Å². The van der Waals surface area contributed by atoms with Gasteiger partial charge in [-0.15, -0.1) is 11.8 Å². The summed E-state index contributed by atoms with van der Waals surface area (Å²) < 4.78 is 5.04. The number of β-lactam (4-membered cyclic amide) rings is 1. The number of nitrogens with two attached hydrogens (primary N) is 1. The highest BCUT2D eigenvalue weighted by atomic mass is 32.2. The van der Waals surface area contributed by atoms with Crippen LogP contribution in [0.2, 0.25) is 0 Å². The average molecular weight is 272 g/mol. The van der Waals surface area contributed by atoms with Gasteiger partial charge in [0.15, 0.2) is 0 Å². The van der Waals surface area contributed by atoms with Crippen molar-refractivity contribution >= 4 is 23.6 Å². The molecule has 5 nitrogen and oxygen atoms in total. The van der Waals surface area contributed by atoms with E-state index in [0.717, 1.165) is 0 Å². The quantitative estimate of drug-likeness (QED) is 0.562. The Balaban J connectivity index is 2.21. The first-order chi connectivity index (χ1) is 8.04. The Labute approximate surface area is 111 Å². The highest BCUT2D eigenvalue weighted by Crippen LogP contribution is 2.50. The summed E-state index contributed by atoms with van der Waals surface area (Å²) in [5.74, 6) is -0.503. The van der Waals surface area contributed by atoms with Gasteiger partial charge in [-0.1, -0.05) is 0 Å².